The van der Waals surface area contributed by atoms with Crippen LogP contribution in [0.1, 0.15) is 0 Å². The Morgan fingerprint density at radius 3 is 2.17 bits per heavy atom. The molecule has 6 aromatic carbocycles. The Hall–Kier alpha value is -5.48. The number of hydrogen-bond donors (Lipinski definition) is 0. The summed E-state index contributed by atoms with van der Waals surface area (Å²) in [4.78, 5) is 10.0. The molecule has 0 bridgehead atoms. The molecule has 0 radical (unpaired) electrons. The van der Waals surface area contributed by atoms with Crippen molar-refractivity contribution in [3.63, 3.8) is 0 Å². The van der Waals surface area contributed by atoms with Crippen molar-refractivity contribution >= 4 is 43.6 Å². The summed E-state index contributed by atoms with van der Waals surface area (Å²) in [5, 5.41) is 5.54. The molecule has 40 heavy (non-hydrogen) atoms. The second-order valence-corrected chi connectivity index (χ2v) is 10.2. The molecule has 186 valence electrons. The highest BCUT2D eigenvalue weighted by Gasteiger charge is 2.23. The van der Waals surface area contributed by atoms with Crippen LogP contribution in [0.4, 0.5) is 0 Å². The Labute approximate surface area is 229 Å². The van der Waals surface area contributed by atoms with Gasteiger partial charge in [-0.3, -0.25) is 0 Å². The zero-order valence-corrected chi connectivity index (χ0v) is 21.3. The van der Waals surface area contributed by atoms with Crippen molar-refractivity contribution in [1.82, 2.24) is 9.97 Å². The van der Waals surface area contributed by atoms with Crippen LogP contribution in [0.2, 0.25) is 0 Å². The van der Waals surface area contributed by atoms with Crippen LogP contribution in [0.5, 0.6) is 11.5 Å². The second kappa shape index (κ2) is 8.01. The third-order valence-corrected chi connectivity index (χ3v) is 7.86. The number of ether oxygens (including phenoxy) is 1. The van der Waals surface area contributed by atoms with E-state index in [4.69, 9.17) is 19.1 Å². The molecule has 0 unspecified atom stereocenters. The van der Waals surface area contributed by atoms with Crippen molar-refractivity contribution in [3.05, 3.63) is 121 Å². The predicted molar refractivity (Wildman–Crippen MR) is 161 cm³/mol. The molecule has 0 amide bonds. The minimum absolute atomic E-state index is 0.708. The van der Waals surface area contributed by atoms with Crippen molar-refractivity contribution in [3.8, 4) is 45.3 Å². The smallest absolute Gasteiger partial charge is 0.160 e. The molecule has 1 aliphatic heterocycles. The molecule has 0 aliphatic carbocycles. The molecule has 0 N–H and O–H groups in total. The number of fused-ring (bicyclic) bond motifs is 6. The minimum atomic E-state index is 0.708. The Morgan fingerprint density at radius 2 is 1.23 bits per heavy atom. The van der Waals surface area contributed by atoms with Gasteiger partial charge in [0.25, 0.3) is 0 Å². The molecule has 2 aromatic heterocycles. The summed E-state index contributed by atoms with van der Waals surface area (Å²) in [5.74, 6) is 2.32. The van der Waals surface area contributed by atoms with Crippen LogP contribution in [-0.2, 0) is 0 Å². The van der Waals surface area contributed by atoms with Gasteiger partial charge >= 0.3 is 0 Å². The Morgan fingerprint density at radius 1 is 0.500 bits per heavy atom. The van der Waals surface area contributed by atoms with Crippen molar-refractivity contribution in [2.24, 2.45) is 0 Å². The summed E-state index contributed by atoms with van der Waals surface area (Å²) in [6, 6.07) is 41.7. The lowest BCUT2D eigenvalue weighted by atomic mass is 9.98. The van der Waals surface area contributed by atoms with Gasteiger partial charge in [-0.05, 0) is 76.5 Å². The maximum atomic E-state index is 6.16. The van der Waals surface area contributed by atoms with Gasteiger partial charge in [0, 0.05) is 21.9 Å². The average Bonchev–Trinajstić information content (AvgIpc) is 3.38. The maximum absolute atomic E-state index is 6.16. The van der Waals surface area contributed by atoms with E-state index in [0.29, 0.717) is 5.82 Å². The predicted octanol–water partition coefficient (Wildman–Crippen LogP) is 9.79. The standard InChI is InChI=1S/C36H20N2O2/c1-3-9-30-26(6-1)28-20-24(16-17-32(28)39-30)22-12-13-23-19-25(15-14-21(23)18-22)36-37-29-8-5-11-33-34(29)35(38-36)27-7-2-4-10-31(27)40-33/h1-20H. The number of para-hydroxylation sites is 2. The number of furan rings is 1. The van der Waals surface area contributed by atoms with Crippen LogP contribution in [0.15, 0.2) is 126 Å². The molecular formula is C36H20N2O2. The van der Waals surface area contributed by atoms with Crippen molar-refractivity contribution in [1.29, 1.82) is 0 Å². The van der Waals surface area contributed by atoms with Gasteiger partial charge in [-0.25, -0.2) is 9.97 Å². The lowest BCUT2D eigenvalue weighted by Gasteiger charge is -2.20. The van der Waals surface area contributed by atoms with Gasteiger partial charge in [-0.1, -0.05) is 66.7 Å². The van der Waals surface area contributed by atoms with Crippen LogP contribution in [0, 0.1) is 0 Å². The number of rotatable bonds is 2. The molecule has 3 heterocycles. The first kappa shape index (κ1) is 21.5. The first-order valence-corrected chi connectivity index (χ1v) is 13.3. The summed E-state index contributed by atoms with van der Waals surface area (Å²) in [6.07, 6.45) is 0. The summed E-state index contributed by atoms with van der Waals surface area (Å²) in [7, 11) is 0. The molecule has 0 atom stereocenters. The molecule has 4 nitrogen and oxygen atoms in total. The van der Waals surface area contributed by atoms with Crippen molar-refractivity contribution < 1.29 is 9.15 Å². The van der Waals surface area contributed by atoms with E-state index in [0.717, 1.165) is 66.5 Å². The molecule has 0 fully saturated rings. The van der Waals surface area contributed by atoms with Crippen LogP contribution >= 0.6 is 0 Å². The van der Waals surface area contributed by atoms with Gasteiger partial charge in [0.05, 0.1) is 16.6 Å². The molecular weight excluding hydrogens is 492 g/mol. The third-order valence-electron chi connectivity index (χ3n) is 7.86. The van der Waals surface area contributed by atoms with E-state index >= 15 is 0 Å². The van der Waals surface area contributed by atoms with Crippen LogP contribution in [0.25, 0.3) is 77.4 Å². The van der Waals surface area contributed by atoms with Crippen molar-refractivity contribution in [2.45, 2.75) is 0 Å². The quantitative estimate of drug-likeness (QED) is 0.231. The van der Waals surface area contributed by atoms with Crippen molar-refractivity contribution in [2.75, 3.05) is 0 Å². The lowest BCUT2D eigenvalue weighted by molar-refractivity contribution is 0.486. The third kappa shape index (κ3) is 3.13. The highest BCUT2D eigenvalue weighted by Crippen LogP contribution is 2.45. The number of benzene rings is 6. The van der Waals surface area contributed by atoms with E-state index in [1.807, 2.05) is 48.5 Å². The number of hydrogen-bond acceptors (Lipinski definition) is 4. The molecule has 0 spiro atoms. The Bertz CT molecular complexity index is 2320. The first-order chi connectivity index (χ1) is 19.8. The lowest BCUT2D eigenvalue weighted by Crippen LogP contribution is -2.02. The highest BCUT2D eigenvalue weighted by molar-refractivity contribution is 6.06. The first-order valence-electron chi connectivity index (χ1n) is 13.3. The van der Waals surface area contributed by atoms with E-state index in [1.165, 1.54) is 16.5 Å². The second-order valence-electron chi connectivity index (χ2n) is 10.2. The van der Waals surface area contributed by atoms with Gasteiger partial charge in [0.15, 0.2) is 5.82 Å². The fourth-order valence-corrected chi connectivity index (χ4v) is 5.90. The topological polar surface area (TPSA) is 48.2 Å². The van der Waals surface area contributed by atoms with Gasteiger partial charge in [0.2, 0.25) is 0 Å². The zero-order valence-electron chi connectivity index (χ0n) is 21.3. The number of aromatic nitrogens is 2. The van der Waals surface area contributed by atoms with E-state index in [-0.39, 0.29) is 0 Å². The molecule has 1 aliphatic rings. The van der Waals surface area contributed by atoms with Gasteiger partial charge in [-0.15, -0.1) is 0 Å². The monoisotopic (exact) mass is 512 g/mol. The Balaban J connectivity index is 1.15. The van der Waals surface area contributed by atoms with Crippen LogP contribution in [0.3, 0.4) is 0 Å². The van der Waals surface area contributed by atoms with E-state index in [2.05, 4.69) is 72.8 Å². The van der Waals surface area contributed by atoms with Gasteiger partial charge < -0.3 is 9.15 Å². The summed E-state index contributed by atoms with van der Waals surface area (Å²) in [6.45, 7) is 0. The zero-order chi connectivity index (χ0) is 26.2. The highest BCUT2D eigenvalue weighted by atomic mass is 16.5. The largest absolute Gasteiger partial charge is 0.456 e. The molecule has 9 rings (SSSR count). The SMILES string of the molecule is c1ccc2c(c1)Oc1cccc3nc(-c4ccc5cc(-c6ccc7oc8ccccc8c7c6)ccc5c4)nc-2c13. The van der Waals surface area contributed by atoms with E-state index in [9.17, 15) is 0 Å². The summed E-state index contributed by atoms with van der Waals surface area (Å²) in [5.41, 5.74) is 7.92. The fraction of sp³-hybridized carbons (Fsp3) is 0. The van der Waals surface area contributed by atoms with Gasteiger partial charge in [-0.2, -0.15) is 0 Å². The maximum Gasteiger partial charge on any atom is 0.160 e. The average molecular weight is 513 g/mol. The van der Waals surface area contributed by atoms with Gasteiger partial charge in [0.1, 0.15) is 22.7 Å². The minimum Gasteiger partial charge on any atom is -0.456 e. The normalized spacial score (nSPS) is 12.2. The van der Waals surface area contributed by atoms with Crippen LogP contribution < -0.4 is 4.74 Å². The van der Waals surface area contributed by atoms with Crippen LogP contribution in [-0.4, -0.2) is 9.97 Å². The molecule has 4 heteroatoms. The molecule has 8 aromatic rings. The number of nitrogens with zero attached hydrogens (tertiary/aromatic N) is 2. The summed E-state index contributed by atoms with van der Waals surface area (Å²) >= 11 is 0. The molecule has 0 saturated carbocycles. The summed E-state index contributed by atoms with van der Waals surface area (Å²) < 4.78 is 12.2. The molecule has 0 saturated heterocycles. The van der Waals surface area contributed by atoms with E-state index < -0.39 is 0 Å². The Kier molecular flexibility index (Phi) is 4.30. The van der Waals surface area contributed by atoms with E-state index in [1.54, 1.807) is 0 Å². The fourth-order valence-electron chi connectivity index (χ4n) is 5.90.